The summed E-state index contributed by atoms with van der Waals surface area (Å²) in [6.45, 7) is 3.69. The predicted molar refractivity (Wildman–Crippen MR) is 165 cm³/mol. The first kappa shape index (κ1) is 38.4. The fourth-order valence-electron chi connectivity index (χ4n) is 4.36. The molecule has 0 fully saturated rings. The molecular weight excluding hydrogens is 662 g/mol. The number of carbonyl (C=O) groups is 2. The van der Waals surface area contributed by atoms with Crippen molar-refractivity contribution < 1.29 is 97.0 Å². The minimum Gasteiger partial charge on any atom is -0.507 e. The van der Waals surface area contributed by atoms with Crippen LogP contribution in [-0.4, -0.2) is 50.0 Å². The number of nitrogens with zero attached hydrogens (tertiary/aromatic N) is 6. The SMILES string of the molecule is Cc1cc(-c2ccc(N=Nc3cn(-c4ccc(S(=O)(=O)O)cc4)nc3C(=O)O)c(C)c2)ccc1N=Nc1ccc(O)c(C(=O)O)c1.[Na+].[Na+]. The molecule has 0 unspecified atom stereocenters. The van der Waals surface area contributed by atoms with Gasteiger partial charge in [0.1, 0.15) is 17.0 Å². The van der Waals surface area contributed by atoms with Crippen molar-refractivity contribution in [3.8, 4) is 22.6 Å². The molecule has 5 aromatic rings. The summed E-state index contributed by atoms with van der Waals surface area (Å²) in [4.78, 5) is 22.7. The number of benzene rings is 4. The Morgan fingerprint density at radius 1 is 0.708 bits per heavy atom. The zero-order valence-electron chi connectivity index (χ0n) is 26.1. The number of aryl methyl sites for hydroxylation is 2. The summed E-state index contributed by atoms with van der Waals surface area (Å²) in [7, 11) is -4.39. The molecule has 0 amide bonds. The van der Waals surface area contributed by atoms with Crippen molar-refractivity contribution >= 4 is 44.8 Å². The van der Waals surface area contributed by atoms with Gasteiger partial charge in [0.05, 0.1) is 33.8 Å². The van der Waals surface area contributed by atoms with Crippen molar-refractivity contribution in [2.75, 3.05) is 0 Å². The number of rotatable bonds is 9. The van der Waals surface area contributed by atoms with Gasteiger partial charge in [0.15, 0.2) is 5.69 Å². The van der Waals surface area contributed by atoms with Crippen LogP contribution in [0.5, 0.6) is 5.75 Å². The second-order valence-electron chi connectivity index (χ2n) is 9.99. The molecule has 0 radical (unpaired) electrons. The Balaban J connectivity index is 0.00000312. The molecule has 0 aliphatic heterocycles. The van der Waals surface area contributed by atoms with Crippen LogP contribution in [0.2, 0.25) is 0 Å². The van der Waals surface area contributed by atoms with Crippen LogP contribution in [-0.2, 0) is 10.1 Å². The third kappa shape index (κ3) is 8.89. The number of phenols is 1. The van der Waals surface area contributed by atoms with Crippen LogP contribution in [0.25, 0.3) is 16.8 Å². The standard InChI is InChI=1S/C31H24N6O8S.2Na/c1-17-13-19(3-10-25(17)33-32-21-5-12-28(38)24(15-21)30(39)40)20-4-11-26(18(2)14-20)34-35-27-16-37(36-29(27)31(41)42)22-6-8-23(9-7-22)46(43,44)45;;/h3-16,38H,1-2H3,(H,39,40)(H,41,42)(H,43,44,45);;/q;2*+1. The van der Waals surface area contributed by atoms with Gasteiger partial charge in [0, 0.05) is 0 Å². The average Bonchev–Trinajstić information content (AvgIpc) is 3.45. The van der Waals surface area contributed by atoms with Crippen LogP contribution in [0.3, 0.4) is 0 Å². The first-order valence-electron chi connectivity index (χ1n) is 13.3. The number of hydrogen-bond acceptors (Lipinski definition) is 10. The largest absolute Gasteiger partial charge is 1.00 e. The molecule has 0 saturated carbocycles. The first-order chi connectivity index (χ1) is 21.8. The third-order valence-corrected chi connectivity index (χ3v) is 7.64. The van der Waals surface area contributed by atoms with Crippen LogP contribution >= 0.6 is 0 Å². The van der Waals surface area contributed by atoms with Crippen LogP contribution in [0.1, 0.15) is 32.0 Å². The van der Waals surface area contributed by atoms with Gasteiger partial charge in [-0.05, 0) is 103 Å². The van der Waals surface area contributed by atoms with Gasteiger partial charge < -0.3 is 15.3 Å². The number of carboxylic acid groups (broad SMARTS) is 2. The molecule has 14 nitrogen and oxygen atoms in total. The molecule has 1 heterocycles. The Morgan fingerprint density at radius 3 is 1.75 bits per heavy atom. The second-order valence-corrected chi connectivity index (χ2v) is 11.4. The quantitative estimate of drug-likeness (QED) is 0.0998. The Kier molecular flexibility index (Phi) is 12.7. The van der Waals surface area contributed by atoms with Gasteiger partial charge in [-0.2, -0.15) is 28.9 Å². The molecule has 232 valence electrons. The number of aromatic hydroxyl groups is 1. The van der Waals surface area contributed by atoms with E-state index >= 15 is 0 Å². The Labute approximate surface area is 318 Å². The summed E-state index contributed by atoms with van der Waals surface area (Å²) < 4.78 is 33.0. The molecule has 0 saturated heterocycles. The van der Waals surface area contributed by atoms with Crippen molar-refractivity contribution in [2.24, 2.45) is 20.5 Å². The first-order valence-corrected chi connectivity index (χ1v) is 14.8. The molecule has 1 aromatic heterocycles. The van der Waals surface area contributed by atoms with E-state index in [4.69, 9.17) is 0 Å². The molecule has 17 heteroatoms. The van der Waals surface area contributed by atoms with E-state index in [1.165, 1.54) is 41.2 Å². The van der Waals surface area contributed by atoms with Crippen molar-refractivity contribution in [3.05, 3.63) is 107 Å². The third-order valence-electron chi connectivity index (χ3n) is 6.77. The number of aromatic carboxylic acids is 2. The molecule has 0 aliphatic carbocycles. The second kappa shape index (κ2) is 15.9. The van der Waals surface area contributed by atoms with Crippen LogP contribution < -0.4 is 59.1 Å². The predicted octanol–water partition coefficient (Wildman–Crippen LogP) is 1.34. The topological polar surface area (TPSA) is 216 Å². The molecule has 0 spiro atoms. The van der Waals surface area contributed by atoms with E-state index < -0.39 is 22.1 Å². The van der Waals surface area contributed by atoms with Crippen LogP contribution in [0.4, 0.5) is 22.7 Å². The maximum absolute atomic E-state index is 11.8. The molecule has 4 N–H and O–H groups in total. The molecular formula is C31H24N6Na2O8S+2. The zero-order chi connectivity index (χ0) is 33.2. The number of aromatic nitrogens is 2. The summed E-state index contributed by atoms with van der Waals surface area (Å²) in [6.07, 6.45) is 1.34. The summed E-state index contributed by atoms with van der Waals surface area (Å²) in [6, 6.07) is 20.0. The van der Waals surface area contributed by atoms with Gasteiger partial charge in [-0.1, -0.05) is 12.1 Å². The van der Waals surface area contributed by atoms with Gasteiger partial charge in [-0.15, -0.1) is 5.11 Å². The van der Waals surface area contributed by atoms with Crippen molar-refractivity contribution in [1.29, 1.82) is 0 Å². The van der Waals surface area contributed by atoms with E-state index in [1.807, 2.05) is 38.1 Å². The molecule has 4 aromatic carbocycles. The Morgan fingerprint density at radius 2 is 1.25 bits per heavy atom. The van der Waals surface area contributed by atoms with Crippen molar-refractivity contribution in [2.45, 2.75) is 18.7 Å². The van der Waals surface area contributed by atoms with Crippen molar-refractivity contribution in [3.63, 3.8) is 0 Å². The number of azo groups is 2. The minimum absolute atomic E-state index is 0. The normalized spacial score (nSPS) is 11.3. The maximum Gasteiger partial charge on any atom is 1.00 e. The summed E-state index contributed by atoms with van der Waals surface area (Å²) >= 11 is 0. The molecule has 48 heavy (non-hydrogen) atoms. The van der Waals surface area contributed by atoms with E-state index in [2.05, 4.69) is 25.6 Å². The Bertz CT molecular complexity index is 2190. The minimum atomic E-state index is -4.39. The maximum atomic E-state index is 11.8. The van der Waals surface area contributed by atoms with E-state index in [0.29, 0.717) is 17.1 Å². The monoisotopic (exact) mass is 686 g/mol. The van der Waals surface area contributed by atoms with E-state index in [0.717, 1.165) is 34.4 Å². The van der Waals surface area contributed by atoms with E-state index in [9.17, 15) is 37.9 Å². The van der Waals surface area contributed by atoms with Gasteiger partial charge >= 0.3 is 71.1 Å². The smallest absolute Gasteiger partial charge is 0.507 e. The zero-order valence-corrected chi connectivity index (χ0v) is 30.9. The summed E-state index contributed by atoms with van der Waals surface area (Å²) in [5, 5.41) is 49.2. The van der Waals surface area contributed by atoms with Gasteiger partial charge in [-0.25, -0.2) is 14.3 Å². The van der Waals surface area contributed by atoms with Gasteiger partial charge in [0.2, 0.25) is 0 Å². The molecule has 0 atom stereocenters. The van der Waals surface area contributed by atoms with Gasteiger partial charge in [0.25, 0.3) is 10.1 Å². The van der Waals surface area contributed by atoms with Crippen LogP contribution in [0, 0.1) is 13.8 Å². The van der Waals surface area contributed by atoms with Crippen LogP contribution in [0.15, 0.2) is 110 Å². The van der Waals surface area contributed by atoms with E-state index in [-0.39, 0.29) is 92.4 Å². The summed E-state index contributed by atoms with van der Waals surface area (Å²) in [5.74, 6) is -2.97. The van der Waals surface area contributed by atoms with Crippen molar-refractivity contribution in [1.82, 2.24) is 9.78 Å². The fraction of sp³-hybridized carbons (Fsp3) is 0.0645. The fourth-order valence-corrected chi connectivity index (χ4v) is 4.84. The average molecular weight is 687 g/mol. The molecule has 0 bridgehead atoms. The number of hydrogen-bond donors (Lipinski definition) is 4. The number of carboxylic acids is 2. The molecule has 0 aliphatic rings. The Hall–Kier alpha value is -4.06. The van der Waals surface area contributed by atoms with E-state index in [1.54, 1.807) is 12.1 Å². The van der Waals surface area contributed by atoms with Gasteiger partial charge in [-0.3, -0.25) is 4.55 Å². The summed E-state index contributed by atoms with van der Waals surface area (Å²) in [5.41, 5.74) is 4.34. The molecule has 5 rings (SSSR count).